The summed E-state index contributed by atoms with van der Waals surface area (Å²) < 4.78 is 61.9. The monoisotopic (exact) mass is 510 g/mol. The Kier molecular flexibility index (Phi) is 6.27. The van der Waals surface area contributed by atoms with E-state index in [1.54, 1.807) is 16.9 Å². The summed E-state index contributed by atoms with van der Waals surface area (Å²) in [5.41, 5.74) is -0.0465. The van der Waals surface area contributed by atoms with Crippen LogP contribution in [-0.2, 0) is 16.0 Å². The summed E-state index contributed by atoms with van der Waals surface area (Å²) in [4.78, 5) is 6.24. The molecule has 3 atom stereocenters. The normalized spacial score (nSPS) is 28.8. The smallest absolute Gasteiger partial charge is 0.300 e. The van der Waals surface area contributed by atoms with E-state index in [-0.39, 0.29) is 17.2 Å². The molecule has 2 aliphatic heterocycles. The third-order valence-corrected chi connectivity index (χ3v) is 10.2. The number of alkyl halides is 3. The Hall–Kier alpha value is -1.94. The number of aromatic nitrogens is 3. The highest BCUT2D eigenvalue weighted by atomic mass is 32.2. The van der Waals surface area contributed by atoms with Crippen LogP contribution in [-0.4, -0.2) is 58.7 Å². The van der Waals surface area contributed by atoms with Crippen LogP contribution in [0.2, 0.25) is 0 Å². The van der Waals surface area contributed by atoms with Crippen molar-refractivity contribution in [3.63, 3.8) is 0 Å². The van der Waals surface area contributed by atoms with E-state index in [0.717, 1.165) is 49.9 Å². The number of rotatable bonds is 3. The maximum absolute atomic E-state index is 12.5. The van der Waals surface area contributed by atoms with Gasteiger partial charge in [0.2, 0.25) is 0 Å². The Labute approximate surface area is 204 Å². The van der Waals surface area contributed by atoms with Crippen molar-refractivity contribution in [3.05, 3.63) is 36.2 Å². The molecule has 6 rings (SSSR count). The minimum absolute atomic E-state index is 0.157. The molecule has 0 amide bonds. The lowest BCUT2D eigenvalue weighted by atomic mass is 9.80. The summed E-state index contributed by atoms with van der Waals surface area (Å²) in [5, 5.41) is 4.19. The van der Waals surface area contributed by atoms with Crippen molar-refractivity contribution < 1.29 is 21.6 Å². The van der Waals surface area contributed by atoms with E-state index in [1.165, 1.54) is 31.4 Å². The second-order valence-electron chi connectivity index (χ2n) is 11.1. The summed E-state index contributed by atoms with van der Waals surface area (Å²) in [6.45, 7) is 6.19. The van der Waals surface area contributed by atoms with Crippen molar-refractivity contribution in [3.8, 4) is 11.4 Å². The second-order valence-corrected chi connectivity index (χ2v) is 13.2. The van der Waals surface area contributed by atoms with Crippen molar-refractivity contribution in [2.24, 2.45) is 17.3 Å². The zero-order valence-electron chi connectivity index (χ0n) is 20.2. The molecule has 2 saturated heterocycles. The zero-order valence-corrected chi connectivity index (χ0v) is 21.0. The highest BCUT2D eigenvalue weighted by Gasteiger charge is 2.52. The molecule has 2 aliphatic carbocycles. The average molecular weight is 511 g/mol. The van der Waals surface area contributed by atoms with E-state index in [4.69, 9.17) is 0 Å². The molecule has 2 saturated carbocycles. The fourth-order valence-electron chi connectivity index (χ4n) is 6.02. The second kappa shape index (κ2) is 8.87. The first-order chi connectivity index (χ1) is 16.4. The lowest BCUT2D eigenvalue weighted by Gasteiger charge is -2.48. The highest BCUT2D eigenvalue weighted by Crippen LogP contribution is 2.54. The van der Waals surface area contributed by atoms with Gasteiger partial charge < -0.3 is 4.90 Å². The van der Waals surface area contributed by atoms with E-state index in [1.807, 2.05) is 13.8 Å². The molecule has 4 fully saturated rings. The molecule has 0 radical (unpaired) electrons. The quantitative estimate of drug-likeness (QED) is 0.591. The number of sulfone groups is 1. The number of likely N-dealkylation sites (tertiary alicyclic amines) is 1. The number of hydrogen-bond acceptors (Lipinski definition) is 5. The van der Waals surface area contributed by atoms with Gasteiger partial charge in [-0.25, -0.2) is 13.4 Å². The maximum Gasteiger partial charge on any atom is 0.433 e. The molecule has 6 nitrogen and oxygen atoms in total. The molecular formula is C25H33F3N4O2S. The van der Waals surface area contributed by atoms with E-state index in [0.29, 0.717) is 17.2 Å². The number of halogens is 3. The largest absolute Gasteiger partial charge is 0.433 e. The van der Waals surface area contributed by atoms with Crippen LogP contribution in [0.25, 0.3) is 11.4 Å². The molecule has 1 unspecified atom stereocenters. The van der Waals surface area contributed by atoms with Crippen LogP contribution in [0.4, 0.5) is 13.2 Å². The number of nitrogens with zero attached hydrogens (tertiary/aromatic N) is 4. The van der Waals surface area contributed by atoms with Crippen LogP contribution < -0.4 is 0 Å². The van der Waals surface area contributed by atoms with Gasteiger partial charge in [0.25, 0.3) is 0 Å². The molecule has 1 spiro atoms. The van der Waals surface area contributed by atoms with Crippen molar-refractivity contribution >= 4 is 9.84 Å². The van der Waals surface area contributed by atoms with Gasteiger partial charge in [0.05, 0.1) is 17.2 Å². The van der Waals surface area contributed by atoms with Crippen molar-refractivity contribution in [2.45, 2.75) is 64.2 Å². The third kappa shape index (κ3) is 5.43. The number of fused-ring (bicyclic) bond motifs is 1. The Morgan fingerprint density at radius 3 is 2.20 bits per heavy atom. The Bertz CT molecular complexity index is 1150. The van der Waals surface area contributed by atoms with Gasteiger partial charge in [0, 0.05) is 23.7 Å². The summed E-state index contributed by atoms with van der Waals surface area (Å²) in [7, 11) is -2.65. The van der Waals surface area contributed by atoms with E-state index < -0.39 is 21.7 Å². The molecule has 4 heterocycles. The Balaban J connectivity index is 0.000000145. The first-order valence-electron chi connectivity index (χ1n) is 12.5. The summed E-state index contributed by atoms with van der Waals surface area (Å²) in [6, 6.07) is 6.45. The summed E-state index contributed by atoms with van der Waals surface area (Å²) >= 11 is 0. The molecule has 2 aromatic heterocycles. The fourth-order valence-corrected chi connectivity index (χ4v) is 8.38. The molecule has 0 aromatic carbocycles. The van der Waals surface area contributed by atoms with Gasteiger partial charge in [0.1, 0.15) is 11.4 Å². The van der Waals surface area contributed by atoms with Crippen molar-refractivity contribution in [1.82, 2.24) is 19.7 Å². The van der Waals surface area contributed by atoms with Gasteiger partial charge in [-0.05, 0) is 89.1 Å². The first kappa shape index (κ1) is 24.7. The highest BCUT2D eigenvalue weighted by molar-refractivity contribution is 7.92. The average Bonchev–Trinajstić information content (AvgIpc) is 3.17. The van der Waals surface area contributed by atoms with Crippen LogP contribution in [0.3, 0.4) is 0 Å². The predicted molar refractivity (Wildman–Crippen MR) is 127 cm³/mol. The van der Waals surface area contributed by atoms with E-state index in [9.17, 15) is 21.6 Å². The van der Waals surface area contributed by atoms with Crippen molar-refractivity contribution in [2.75, 3.05) is 24.6 Å². The Morgan fingerprint density at radius 2 is 1.66 bits per heavy atom. The van der Waals surface area contributed by atoms with Gasteiger partial charge in [-0.2, -0.15) is 18.3 Å². The van der Waals surface area contributed by atoms with Gasteiger partial charge >= 0.3 is 6.18 Å². The SMILES string of the molecule is CC(C)n1ccc(-c2cccc(C(F)(F)F)n2)n1.O=S1(=O)CC2(CCN(C3C[C@@H]4C[C@@H]4C3)CC2)C1. The standard InChI is InChI=1S/C13H21NO2S.C12H12F3N3/c15-17(16)8-13(9-17)1-3-14(4-2-13)12-6-10-5-11(10)7-12;1-8(2)18-7-6-10(17-18)9-4-3-5-11(16-9)12(13,14)15/h10-12H,1-9H2;3-8H,1-2H3/t10-,11+,12?;. The van der Waals surface area contributed by atoms with Crippen LogP contribution in [0.1, 0.15) is 57.7 Å². The van der Waals surface area contributed by atoms with Gasteiger partial charge in [-0.3, -0.25) is 4.68 Å². The lowest BCUT2D eigenvalue weighted by Crippen LogP contribution is -2.55. The molecule has 2 aromatic rings. The minimum atomic E-state index is -4.43. The molecule has 0 N–H and O–H groups in total. The third-order valence-electron chi connectivity index (χ3n) is 8.09. The molecule has 4 aliphatic rings. The Morgan fingerprint density at radius 1 is 1.00 bits per heavy atom. The first-order valence-corrected chi connectivity index (χ1v) is 14.3. The minimum Gasteiger partial charge on any atom is -0.300 e. The molecule has 10 heteroatoms. The maximum atomic E-state index is 12.5. The number of pyridine rings is 1. The van der Waals surface area contributed by atoms with Crippen LogP contribution in [0.5, 0.6) is 0 Å². The van der Waals surface area contributed by atoms with Gasteiger partial charge in [-0.1, -0.05) is 6.07 Å². The van der Waals surface area contributed by atoms with Gasteiger partial charge in [0.15, 0.2) is 9.84 Å². The number of hydrogen-bond donors (Lipinski definition) is 0. The number of piperidine rings is 1. The van der Waals surface area contributed by atoms with Crippen LogP contribution in [0.15, 0.2) is 30.5 Å². The van der Waals surface area contributed by atoms with E-state index >= 15 is 0 Å². The topological polar surface area (TPSA) is 68.1 Å². The van der Waals surface area contributed by atoms with E-state index in [2.05, 4.69) is 15.0 Å². The van der Waals surface area contributed by atoms with Crippen LogP contribution in [0, 0.1) is 17.3 Å². The molecule has 0 bridgehead atoms. The predicted octanol–water partition coefficient (Wildman–Crippen LogP) is 4.84. The molecule has 35 heavy (non-hydrogen) atoms. The van der Waals surface area contributed by atoms with Gasteiger partial charge in [-0.15, -0.1) is 0 Å². The zero-order chi connectivity index (χ0) is 25.0. The molecular weight excluding hydrogens is 477 g/mol. The summed E-state index contributed by atoms with van der Waals surface area (Å²) in [6.07, 6.45) is 3.88. The lowest BCUT2D eigenvalue weighted by molar-refractivity contribution is -0.141. The fraction of sp³-hybridized carbons (Fsp3) is 0.680. The van der Waals surface area contributed by atoms with Crippen molar-refractivity contribution in [1.29, 1.82) is 0 Å². The molecule has 192 valence electrons. The van der Waals surface area contributed by atoms with Crippen LogP contribution >= 0.6 is 0 Å². The summed E-state index contributed by atoms with van der Waals surface area (Å²) in [5.74, 6) is 3.06.